The Bertz CT molecular complexity index is 1530. The van der Waals surface area contributed by atoms with Gasteiger partial charge in [-0.15, -0.1) is 0 Å². The summed E-state index contributed by atoms with van der Waals surface area (Å²) in [5.74, 6) is -1.78. The van der Waals surface area contributed by atoms with Crippen molar-refractivity contribution < 1.29 is 36.9 Å². The Kier molecular flexibility index (Phi) is 10.8. The summed E-state index contributed by atoms with van der Waals surface area (Å²) in [6, 6.07) is 11.9. The minimum Gasteiger partial charge on any atom is -0.434 e. The molecule has 1 fully saturated rings. The van der Waals surface area contributed by atoms with E-state index in [1.807, 2.05) is 0 Å². The highest BCUT2D eigenvalue weighted by atomic mass is 32.2. The van der Waals surface area contributed by atoms with Gasteiger partial charge in [-0.3, -0.25) is 19.7 Å². The average Bonchev–Trinajstić information content (AvgIpc) is 3.44. The van der Waals surface area contributed by atoms with Crippen LogP contribution in [-0.4, -0.2) is 85.6 Å². The normalized spacial score (nSPS) is 14.3. The molecule has 1 unspecified atom stereocenters. The first kappa shape index (κ1) is 31.6. The number of aromatic nitrogens is 1. The number of ether oxygens (including phenoxy) is 1. The molecule has 14 nitrogen and oxygen atoms in total. The number of morpholine rings is 1. The molecule has 0 bridgehead atoms. The minimum atomic E-state index is -4.29. The number of urea groups is 1. The van der Waals surface area contributed by atoms with Crippen molar-refractivity contribution in [2.75, 3.05) is 39.4 Å². The number of rotatable bonds is 14. The molecule has 1 aromatic heterocycles. The van der Waals surface area contributed by atoms with E-state index in [0.717, 1.165) is 0 Å². The van der Waals surface area contributed by atoms with E-state index in [-0.39, 0.29) is 35.9 Å². The van der Waals surface area contributed by atoms with E-state index in [2.05, 4.69) is 15.6 Å². The Morgan fingerprint density at radius 2 is 1.72 bits per heavy atom. The lowest BCUT2D eigenvalue weighted by Gasteiger charge is -2.27. The third kappa shape index (κ3) is 8.58. The number of Topliss-reactive ketones (excluding diaryl/α,β-unsaturated/α-hetero) is 1. The summed E-state index contributed by atoms with van der Waals surface area (Å²) in [4.78, 5) is 54.5. The van der Waals surface area contributed by atoms with E-state index in [9.17, 15) is 32.9 Å². The molecule has 1 atom stereocenters. The van der Waals surface area contributed by atoms with Gasteiger partial charge in [-0.2, -0.15) is 0 Å². The van der Waals surface area contributed by atoms with Crippen LogP contribution in [0.5, 0.6) is 0 Å². The van der Waals surface area contributed by atoms with Gasteiger partial charge in [0.15, 0.2) is 20.7 Å². The molecule has 2 N–H and O–H groups in total. The highest BCUT2D eigenvalue weighted by Gasteiger charge is 2.35. The van der Waals surface area contributed by atoms with Crippen molar-refractivity contribution >= 4 is 44.3 Å². The number of unbranched alkanes of at least 4 members (excludes halogenated alkanes) is 2. The molecular formula is C28H33N5O9S. The topological polar surface area (TPSA) is 191 Å². The quantitative estimate of drug-likeness (QED) is 0.118. The third-order valence-corrected chi connectivity index (χ3v) is 8.88. The zero-order valence-corrected chi connectivity index (χ0v) is 24.2. The summed E-state index contributed by atoms with van der Waals surface area (Å²) >= 11 is 0. The van der Waals surface area contributed by atoms with Crippen LogP contribution in [0.25, 0.3) is 11.1 Å². The number of ketones is 1. The number of nitrogens with one attached hydrogen (secondary N) is 2. The number of sulfone groups is 1. The van der Waals surface area contributed by atoms with Crippen molar-refractivity contribution in [2.45, 2.75) is 36.7 Å². The van der Waals surface area contributed by atoms with Crippen molar-refractivity contribution in [2.24, 2.45) is 0 Å². The first-order valence-electron chi connectivity index (χ1n) is 13.9. The Morgan fingerprint density at radius 3 is 2.47 bits per heavy atom. The summed E-state index contributed by atoms with van der Waals surface area (Å²) in [5.41, 5.74) is 0.686. The molecule has 43 heavy (non-hydrogen) atoms. The van der Waals surface area contributed by atoms with Crippen LogP contribution in [0.15, 0.2) is 52.9 Å². The lowest BCUT2D eigenvalue weighted by molar-refractivity contribution is -0.385. The molecule has 0 saturated carbocycles. The molecule has 1 aliphatic heterocycles. The summed E-state index contributed by atoms with van der Waals surface area (Å²) in [6.07, 6.45) is 1.72. The first-order valence-corrected chi connectivity index (χ1v) is 15.6. The first-order chi connectivity index (χ1) is 20.7. The smallest absolute Gasteiger partial charge is 0.317 e. The second kappa shape index (κ2) is 14.7. The highest BCUT2D eigenvalue weighted by Crippen LogP contribution is 2.22. The van der Waals surface area contributed by atoms with Gasteiger partial charge in [0.2, 0.25) is 11.7 Å². The summed E-state index contributed by atoms with van der Waals surface area (Å²) < 4.78 is 37.5. The number of nitrogens with zero attached hydrogens (tertiary/aromatic N) is 3. The lowest BCUT2D eigenvalue weighted by Crippen LogP contribution is -2.52. The van der Waals surface area contributed by atoms with E-state index in [1.165, 1.54) is 29.2 Å². The second-order valence-corrected chi connectivity index (χ2v) is 12.2. The van der Waals surface area contributed by atoms with Gasteiger partial charge in [-0.05, 0) is 25.0 Å². The molecule has 3 amide bonds. The Labute approximate surface area is 247 Å². The van der Waals surface area contributed by atoms with E-state index >= 15 is 0 Å². The summed E-state index contributed by atoms with van der Waals surface area (Å²) in [6.45, 7) is 0.942. The molecule has 2 aromatic carbocycles. The number of carbonyl (C=O) groups is 3. The summed E-state index contributed by atoms with van der Waals surface area (Å²) in [7, 11) is -4.29. The standard InChI is InChI=1S/C28H33N5O9S/c34-23(27-31-21-9-4-6-12-24(21)42-27)11-2-1-7-13-29-26(35)25(18-30-28(36)32-14-16-41-17-15-32)43(39,40)19-20-8-3-5-10-22(20)33(37)38/h3-6,8-10,12,25H,1-2,7,11,13-19H2,(H,29,35)(H,30,36). The minimum absolute atomic E-state index is 0.0420. The van der Waals surface area contributed by atoms with E-state index in [4.69, 9.17) is 9.15 Å². The number of hydrogen-bond donors (Lipinski definition) is 2. The molecule has 230 valence electrons. The molecule has 3 aromatic rings. The fourth-order valence-corrected chi connectivity index (χ4v) is 6.21. The van der Waals surface area contributed by atoms with Crippen molar-refractivity contribution in [1.29, 1.82) is 0 Å². The maximum Gasteiger partial charge on any atom is 0.317 e. The zero-order chi connectivity index (χ0) is 30.8. The van der Waals surface area contributed by atoms with Crippen molar-refractivity contribution in [1.82, 2.24) is 20.5 Å². The molecule has 0 spiro atoms. The zero-order valence-electron chi connectivity index (χ0n) is 23.4. The fourth-order valence-electron chi connectivity index (χ4n) is 4.58. The van der Waals surface area contributed by atoms with Crippen molar-refractivity contribution in [3.63, 3.8) is 0 Å². The van der Waals surface area contributed by atoms with Crippen LogP contribution in [0, 0.1) is 10.1 Å². The molecule has 1 aliphatic rings. The van der Waals surface area contributed by atoms with Gasteiger partial charge in [0.05, 0.1) is 23.9 Å². The van der Waals surface area contributed by atoms with Gasteiger partial charge >= 0.3 is 6.03 Å². The maximum atomic E-state index is 13.4. The number of para-hydroxylation sites is 3. The number of fused-ring (bicyclic) bond motifs is 1. The number of nitro groups is 1. The van der Waals surface area contributed by atoms with Crippen molar-refractivity contribution in [3.05, 3.63) is 70.1 Å². The molecule has 15 heteroatoms. The molecule has 0 radical (unpaired) electrons. The highest BCUT2D eigenvalue weighted by molar-refractivity contribution is 7.92. The third-order valence-electron chi connectivity index (χ3n) is 6.92. The van der Waals surface area contributed by atoms with Gasteiger partial charge < -0.3 is 24.7 Å². The van der Waals surface area contributed by atoms with Gasteiger partial charge in [0, 0.05) is 44.2 Å². The molecule has 4 rings (SSSR count). The Hall–Kier alpha value is -4.37. The average molecular weight is 616 g/mol. The van der Waals surface area contributed by atoms with Gasteiger partial charge in [-0.25, -0.2) is 18.2 Å². The second-order valence-electron chi connectivity index (χ2n) is 9.98. The van der Waals surface area contributed by atoms with Crippen LogP contribution in [0.2, 0.25) is 0 Å². The van der Waals surface area contributed by atoms with Crippen LogP contribution in [0.1, 0.15) is 41.9 Å². The Balaban J connectivity index is 1.32. The fraction of sp³-hybridized carbons (Fsp3) is 0.429. The van der Waals surface area contributed by atoms with E-state index < -0.39 is 44.2 Å². The molecular weight excluding hydrogens is 582 g/mol. The Morgan fingerprint density at radius 1 is 1.00 bits per heavy atom. The number of amides is 3. The molecule has 0 aliphatic carbocycles. The van der Waals surface area contributed by atoms with Gasteiger partial charge in [0.1, 0.15) is 5.52 Å². The van der Waals surface area contributed by atoms with Crippen LogP contribution >= 0.6 is 0 Å². The van der Waals surface area contributed by atoms with Gasteiger partial charge in [0.25, 0.3) is 11.6 Å². The number of oxazole rings is 1. The number of carbonyl (C=O) groups excluding carboxylic acids is 3. The number of benzene rings is 2. The van der Waals surface area contributed by atoms with Crippen LogP contribution < -0.4 is 10.6 Å². The number of hydrogen-bond acceptors (Lipinski definition) is 10. The number of nitro benzene ring substituents is 1. The van der Waals surface area contributed by atoms with Crippen LogP contribution in [0.4, 0.5) is 10.5 Å². The van der Waals surface area contributed by atoms with E-state index in [1.54, 1.807) is 24.3 Å². The largest absolute Gasteiger partial charge is 0.434 e. The monoisotopic (exact) mass is 615 g/mol. The lowest BCUT2D eigenvalue weighted by atomic mass is 10.1. The molecule has 2 heterocycles. The SMILES string of the molecule is O=C(CCCCCNC(=O)C(CNC(=O)N1CCOCC1)S(=O)(=O)Cc1ccccc1[N+](=O)[O-])c1nc2ccccc2o1. The van der Waals surface area contributed by atoms with E-state index in [0.29, 0.717) is 56.7 Å². The van der Waals surface area contributed by atoms with Gasteiger partial charge in [-0.1, -0.05) is 36.8 Å². The maximum absolute atomic E-state index is 13.4. The van der Waals surface area contributed by atoms with Crippen LogP contribution in [0.3, 0.4) is 0 Å². The molecule has 1 saturated heterocycles. The van der Waals surface area contributed by atoms with Crippen molar-refractivity contribution in [3.8, 4) is 0 Å². The van der Waals surface area contributed by atoms with Crippen LogP contribution in [-0.2, 0) is 25.1 Å². The predicted molar refractivity (Wildman–Crippen MR) is 155 cm³/mol. The predicted octanol–water partition coefficient (Wildman–Crippen LogP) is 2.62. The summed E-state index contributed by atoms with van der Waals surface area (Å²) in [5, 5.41) is 14.9.